The first kappa shape index (κ1) is 19.9. The highest BCUT2D eigenvalue weighted by Crippen LogP contribution is 2.20. The Morgan fingerprint density at radius 2 is 1.85 bits per heavy atom. The number of carbonyl (C=O) groups is 3. The number of hydrogen-bond acceptors (Lipinski definition) is 3. The first-order valence-electron chi connectivity index (χ1n) is 9.52. The number of rotatable bonds is 7. The van der Waals surface area contributed by atoms with Gasteiger partial charge in [-0.2, -0.15) is 0 Å². The van der Waals surface area contributed by atoms with Gasteiger partial charge in [0.25, 0.3) is 5.91 Å². The molecular formula is C20H29N3O3. The lowest BCUT2D eigenvalue weighted by atomic mass is 9.96. The van der Waals surface area contributed by atoms with Crippen LogP contribution in [0, 0.1) is 5.92 Å². The molecule has 0 radical (unpaired) electrons. The van der Waals surface area contributed by atoms with Crippen LogP contribution in [0.4, 0.5) is 5.69 Å². The van der Waals surface area contributed by atoms with Crippen LogP contribution in [0.2, 0.25) is 0 Å². The van der Waals surface area contributed by atoms with Crippen LogP contribution in [0.5, 0.6) is 0 Å². The van der Waals surface area contributed by atoms with E-state index in [4.69, 9.17) is 0 Å². The van der Waals surface area contributed by atoms with Crippen LogP contribution in [0.3, 0.4) is 0 Å². The monoisotopic (exact) mass is 359 g/mol. The summed E-state index contributed by atoms with van der Waals surface area (Å²) in [6.45, 7) is 5.78. The number of likely N-dealkylation sites (tertiary alicyclic amines) is 1. The molecule has 0 bridgehead atoms. The number of anilines is 1. The maximum atomic E-state index is 12.7. The zero-order chi connectivity index (χ0) is 18.9. The summed E-state index contributed by atoms with van der Waals surface area (Å²) in [6.07, 6.45) is 3.84. The van der Waals surface area contributed by atoms with Gasteiger partial charge < -0.3 is 15.5 Å². The van der Waals surface area contributed by atoms with E-state index in [2.05, 4.69) is 10.6 Å². The van der Waals surface area contributed by atoms with Gasteiger partial charge in [0.05, 0.1) is 5.92 Å². The molecule has 2 rings (SSSR count). The fraction of sp³-hybridized carbons (Fsp3) is 0.550. The van der Waals surface area contributed by atoms with Crippen molar-refractivity contribution in [3.63, 3.8) is 0 Å². The van der Waals surface area contributed by atoms with Gasteiger partial charge in [-0.25, -0.2) is 0 Å². The Morgan fingerprint density at radius 3 is 2.50 bits per heavy atom. The Labute approximate surface area is 155 Å². The molecule has 1 fully saturated rings. The van der Waals surface area contributed by atoms with Gasteiger partial charge in [-0.1, -0.05) is 13.8 Å². The molecule has 1 aromatic rings. The third-order valence-corrected chi connectivity index (χ3v) is 4.52. The maximum Gasteiger partial charge on any atom is 0.253 e. The summed E-state index contributed by atoms with van der Waals surface area (Å²) < 4.78 is 0. The summed E-state index contributed by atoms with van der Waals surface area (Å²) in [4.78, 5) is 38.3. The summed E-state index contributed by atoms with van der Waals surface area (Å²) >= 11 is 0. The molecule has 2 N–H and O–H groups in total. The van der Waals surface area contributed by atoms with E-state index >= 15 is 0 Å². The Bertz CT molecular complexity index is 628. The number of nitrogens with zero attached hydrogens (tertiary/aromatic N) is 1. The topological polar surface area (TPSA) is 78.5 Å². The van der Waals surface area contributed by atoms with E-state index in [1.165, 1.54) is 0 Å². The molecule has 3 amide bonds. The highest BCUT2D eigenvalue weighted by atomic mass is 16.2. The maximum absolute atomic E-state index is 12.7. The smallest absolute Gasteiger partial charge is 0.253 e. The molecule has 1 aliphatic heterocycles. The van der Waals surface area contributed by atoms with Crippen LogP contribution in [-0.2, 0) is 9.59 Å². The molecule has 0 spiro atoms. The molecule has 6 heteroatoms. The van der Waals surface area contributed by atoms with Crippen LogP contribution in [0.15, 0.2) is 24.3 Å². The molecule has 0 saturated carbocycles. The largest absolute Gasteiger partial charge is 0.356 e. The van der Waals surface area contributed by atoms with E-state index < -0.39 is 0 Å². The van der Waals surface area contributed by atoms with E-state index in [9.17, 15) is 14.4 Å². The molecule has 0 aromatic heterocycles. The van der Waals surface area contributed by atoms with Gasteiger partial charge in [0, 0.05) is 37.3 Å². The number of hydrogen-bond donors (Lipinski definition) is 2. The summed E-state index contributed by atoms with van der Waals surface area (Å²) in [5.74, 6) is -0.182. The first-order valence-corrected chi connectivity index (χ1v) is 9.52. The van der Waals surface area contributed by atoms with Crippen molar-refractivity contribution in [3.05, 3.63) is 29.8 Å². The van der Waals surface area contributed by atoms with E-state index in [-0.39, 0.29) is 23.6 Å². The van der Waals surface area contributed by atoms with Gasteiger partial charge in [0.1, 0.15) is 0 Å². The average Bonchev–Trinajstić information content (AvgIpc) is 2.66. The van der Waals surface area contributed by atoms with E-state index in [1.807, 2.05) is 13.8 Å². The number of carbonyl (C=O) groups excluding carboxylic acids is 3. The van der Waals surface area contributed by atoms with Gasteiger partial charge in [-0.3, -0.25) is 14.4 Å². The lowest BCUT2D eigenvalue weighted by Gasteiger charge is -2.32. The van der Waals surface area contributed by atoms with Crippen molar-refractivity contribution < 1.29 is 14.4 Å². The SMILES string of the molecule is CCCNC(=O)C1CCCN(C(=O)c2ccc(NC(=O)CCC)cc2)C1. The summed E-state index contributed by atoms with van der Waals surface area (Å²) in [6, 6.07) is 6.95. The Kier molecular flexibility index (Phi) is 7.63. The first-order chi connectivity index (χ1) is 12.5. The summed E-state index contributed by atoms with van der Waals surface area (Å²) in [7, 11) is 0. The van der Waals surface area contributed by atoms with Crippen molar-refractivity contribution in [2.24, 2.45) is 5.92 Å². The number of piperidine rings is 1. The molecule has 142 valence electrons. The average molecular weight is 359 g/mol. The van der Waals surface area contributed by atoms with Gasteiger partial charge >= 0.3 is 0 Å². The molecule has 1 aromatic carbocycles. The molecule has 1 atom stereocenters. The van der Waals surface area contributed by atoms with Crippen LogP contribution >= 0.6 is 0 Å². The predicted molar refractivity (Wildman–Crippen MR) is 102 cm³/mol. The summed E-state index contributed by atoms with van der Waals surface area (Å²) in [5, 5.41) is 5.73. The zero-order valence-corrected chi connectivity index (χ0v) is 15.7. The molecule has 0 aliphatic carbocycles. The Balaban J connectivity index is 1.95. The van der Waals surface area contributed by atoms with Crippen molar-refractivity contribution in [1.82, 2.24) is 10.2 Å². The fourth-order valence-electron chi connectivity index (χ4n) is 3.10. The lowest BCUT2D eigenvalue weighted by Crippen LogP contribution is -2.45. The normalized spacial score (nSPS) is 16.8. The van der Waals surface area contributed by atoms with Gasteiger partial charge in [-0.05, 0) is 49.9 Å². The van der Waals surface area contributed by atoms with Crippen LogP contribution in [0.25, 0.3) is 0 Å². The number of nitrogens with one attached hydrogen (secondary N) is 2. The molecular weight excluding hydrogens is 330 g/mol. The third-order valence-electron chi connectivity index (χ3n) is 4.52. The van der Waals surface area contributed by atoms with E-state index in [0.29, 0.717) is 37.3 Å². The Morgan fingerprint density at radius 1 is 1.12 bits per heavy atom. The second-order valence-corrected chi connectivity index (χ2v) is 6.76. The minimum atomic E-state index is -0.133. The van der Waals surface area contributed by atoms with Crippen molar-refractivity contribution >= 4 is 23.4 Å². The van der Waals surface area contributed by atoms with Crippen molar-refractivity contribution in [2.45, 2.75) is 46.0 Å². The highest BCUT2D eigenvalue weighted by molar-refractivity contribution is 5.96. The molecule has 1 saturated heterocycles. The highest BCUT2D eigenvalue weighted by Gasteiger charge is 2.28. The fourth-order valence-corrected chi connectivity index (χ4v) is 3.10. The van der Waals surface area contributed by atoms with Gasteiger partial charge in [0.2, 0.25) is 11.8 Å². The summed E-state index contributed by atoms with van der Waals surface area (Å²) in [5.41, 5.74) is 1.27. The standard InChI is InChI=1S/C20H29N3O3/c1-3-6-18(24)22-17-10-8-15(9-11-17)20(26)23-13-5-7-16(14-23)19(25)21-12-4-2/h8-11,16H,3-7,12-14H2,1-2H3,(H,21,25)(H,22,24). The van der Waals surface area contributed by atoms with Crippen LogP contribution in [-0.4, -0.2) is 42.3 Å². The second kappa shape index (κ2) is 9.94. The van der Waals surface area contributed by atoms with Gasteiger partial charge in [0.15, 0.2) is 0 Å². The Hall–Kier alpha value is -2.37. The van der Waals surface area contributed by atoms with E-state index in [0.717, 1.165) is 25.7 Å². The molecule has 26 heavy (non-hydrogen) atoms. The number of amides is 3. The van der Waals surface area contributed by atoms with Crippen molar-refractivity contribution in [1.29, 1.82) is 0 Å². The molecule has 6 nitrogen and oxygen atoms in total. The second-order valence-electron chi connectivity index (χ2n) is 6.76. The van der Waals surface area contributed by atoms with Gasteiger partial charge in [-0.15, -0.1) is 0 Å². The zero-order valence-electron chi connectivity index (χ0n) is 15.7. The third kappa shape index (κ3) is 5.58. The lowest BCUT2D eigenvalue weighted by molar-refractivity contribution is -0.126. The molecule has 1 aliphatic rings. The van der Waals surface area contributed by atoms with Crippen LogP contribution < -0.4 is 10.6 Å². The number of benzene rings is 1. The van der Waals surface area contributed by atoms with Crippen LogP contribution in [0.1, 0.15) is 56.3 Å². The van der Waals surface area contributed by atoms with Crippen molar-refractivity contribution in [3.8, 4) is 0 Å². The molecule has 1 unspecified atom stereocenters. The molecule has 1 heterocycles. The predicted octanol–water partition coefficient (Wildman–Crippen LogP) is 2.80. The quantitative estimate of drug-likeness (QED) is 0.786. The minimum Gasteiger partial charge on any atom is -0.356 e. The van der Waals surface area contributed by atoms with E-state index in [1.54, 1.807) is 29.2 Å². The minimum absolute atomic E-state index is 0.0245. The van der Waals surface area contributed by atoms with Crippen molar-refractivity contribution in [2.75, 3.05) is 25.0 Å².